The minimum Gasteiger partial charge on any atom is -0.733 e. The Balaban J connectivity index is 1.97. The summed E-state index contributed by atoms with van der Waals surface area (Å²) in [6.07, 6.45) is 0.762. The molecule has 0 saturated carbocycles. The second-order valence-electron chi connectivity index (χ2n) is 6.06. The van der Waals surface area contributed by atoms with Gasteiger partial charge in [-0.15, -0.1) is 0 Å². The largest absolute Gasteiger partial charge is 0.733 e. The van der Waals surface area contributed by atoms with Crippen molar-refractivity contribution in [2.75, 3.05) is 12.3 Å². The molecule has 0 aliphatic rings. The Morgan fingerprint density at radius 3 is 2.42 bits per heavy atom. The van der Waals surface area contributed by atoms with Gasteiger partial charge < -0.3 is 20.9 Å². The molecular weight excluding hydrogens is 328 g/mol. The van der Waals surface area contributed by atoms with Gasteiger partial charge >= 0.3 is 0 Å². The van der Waals surface area contributed by atoms with E-state index in [1.807, 2.05) is 36.4 Å². The van der Waals surface area contributed by atoms with Gasteiger partial charge in [0.15, 0.2) is 0 Å². The molecule has 0 aliphatic carbocycles. The summed E-state index contributed by atoms with van der Waals surface area (Å²) in [7, 11) is 1.61. The molecule has 0 saturated heterocycles. The van der Waals surface area contributed by atoms with Gasteiger partial charge in [0.25, 0.3) is 0 Å². The fourth-order valence-electron chi connectivity index (χ4n) is 2.99. The number of ether oxygens (including phenoxy) is 1. The Bertz CT molecular complexity index is 894. The molecule has 0 atom stereocenters. The molecule has 5 heteroatoms. The van der Waals surface area contributed by atoms with Crippen LogP contribution in [0.15, 0.2) is 66.7 Å². The molecule has 26 heavy (non-hydrogen) atoms. The van der Waals surface area contributed by atoms with Crippen molar-refractivity contribution >= 4 is 5.69 Å². The van der Waals surface area contributed by atoms with E-state index in [1.165, 1.54) is 5.56 Å². The molecule has 0 radical (unpaired) electrons. The Labute approximate surface area is 152 Å². The quantitative estimate of drug-likeness (QED) is 0.655. The smallest absolute Gasteiger partial charge is 0.126 e. The van der Waals surface area contributed by atoms with Crippen molar-refractivity contribution in [3.63, 3.8) is 0 Å². The molecule has 0 spiro atoms. The van der Waals surface area contributed by atoms with Crippen LogP contribution < -0.4 is 15.7 Å². The highest BCUT2D eigenvalue weighted by Crippen LogP contribution is 2.33. The molecule has 0 aromatic heterocycles. The van der Waals surface area contributed by atoms with Gasteiger partial charge in [-0.2, -0.15) is 0 Å². The SMILES string of the molecule is COc1ccc(Cc2cccc(CN)c2)cc1-c1cccc(N([O-])O)c1. The maximum Gasteiger partial charge on any atom is 0.126 e. The molecule has 0 amide bonds. The number of rotatable bonds is 6. The Hall–Kier alpha value is -2.86. The van der Waals surface area contributed by atoms with E-state index in [-0.39, 0.29) is 10.9 Å². The minimum absolute atomic E-state index is 0.141. The van der Waals surface area contributed by atoms with Gasteiger partial charge in [0.1, 0.15) is 5.75 Å². The van der Waals surface area contributed by atoms with E-state index in [4.69, 9.17) is 15.7 Å². The summed E-state index contributed by atoms with van der Waals surface area (Å²) in [5.41, 5.74) is 10.9. The van der Waals surface area contributed by atoms with E-state index in [0.717, 1.165) is 28.7 Å². The lowest BCUT2D eigenvalue weighted by molar-refractivity contribution is 0.296. The zero-order chi connectivity index (χ0) is 18.5. The maximum absolute atomic E-state index is 11.2. The Morgan fingerprint density at radius 2 is 1.69 bits per heavy atom. The van der Waals surface area contributed by atoms with E-state index in [0.29, 0.717) is 12.3 Å². The van der Waals surface area contributed by atoms with Gasteiger partial charge in [0.05, 0.1) is 12.8 Å². The molecular formula is C21H21N2O3-. The number of nitrogens with zero attached hydrogens (tertiary/aromatic N) is 1. The number of anilines is 1. The predicted octanol–water partition coefficient (Wildman–Crippen LogP) is 4.11. The molecule has 0 bridgehead atoms. The molecule has 5 nitrogen and oxygen atoms in total. The van der Waals surface area contributed by atoms with Crippen LogP contribution in [-0.4, -0.2) is 12.3 Å². The van der Waals surface area contributed by atoms with Crippen molar-refractivity contribution in [1.82, 2.24) is 0 Å². The molecule has 0 aliphatic heterocycles. The summed E-state index contributed by atoms with van der Waals surface area (Å²) in [5.74, 6) is 0.706. The van der Waals surface area contributed by atoms with Crippen LogP contribution in [0.5, 0.6) is 5.75 Å². The molecule has 3 aromatic rings. The fraction of sp³-hybridized carbons (Fsp3) is 0.143. The Kier molecular flexibility index (Phi) is 5.53. The summed E-state index contributed by atoms with van der Waals surface area (Å²) in [5, 5.41) is 20.2. The van der Waals surface area contributed by atoms with E-state index >= 15 is 0 Å². The number of hydrogen-bond donors (Lipinski definition) is 2. The van der Waals surface area contributed by atoms with Crippen molar-refractivity contribution in [2.45, 2.75) is 13.0 Å². The lowest BCUT2D eigenvalue weighted by Crippen LogP contribution is -2.06. The normalized spacial score (nSPS) is 10.6. The van der Waals surface area contributed by atoms with Crippen molar-refractivity contribution in [2.24, 2.45) is 5.73 Å². The van der Waals surface area contributed by atoms with Crippen LogP contribution in [0, 0.1) is 5.21 Å². The average Bonchev–Trinajstić information content (AvgIpc) is 2.68. The van der Waals surface area contributed by atoms with E-state index in [2.05, 4.69) is 12.1 Å². The van der Waals surface area contributed by atoms with Crippen molar-refractivity contribution < 1.29 is 9.94 Å². The monoisotopic (exact) mass is 349 g/mol. The first kappa shape index (κ1) is 17.9. The third-order valence-corrected chi connectivity index (χ3v) is 4.28. The van der Waals surface area contributed by atoms with Gasteiger partial charge in [0, 0.05) is 12.1 Å². The molecule has 0 fully saturated rings. The van der Waals surface area contributed by atoms with Crippen molar-refractivity contribution in [3.8, 4) is 16.9 Å². The topological polar surface area (TPSA) is 81.8 Å². The number of methoxy groups -OCH3 is 1. The molecule has 0 unspecified atom stereocenters. The summed E-state index contributed by atoms with van der Waals surface area (Å²) in [6, 6.07) is 21.0. The van der Waals surface area contributed by atoms with E-state index < -0.39 is 0 Å². The summed E-state index contributed by atoms with van der Waals surface area (Å²) in [4.78, 5) is 0. The lowest BCUT2D eigenvalue weighted by atomic mass is 9.97. The molecule has 3 rings (SSSR count). The first-order valence-electron chi connectivity index (χ1n) is 8.32. The van der Waals surface area contributed by atoms with Crippen LogP contribution in [0.4, 0.5) is 5.69 Å². The first-order chi connectivity index (χ1) is 12.6. The third-order valence-electron chi connectivity index (χ3n) is 4.28. The molecule has 3 aromatic carbocycles. The highest BCUT2D eigenvalue weighted by atomic mass is 16.8. The zero-order valence-corrected chi connectivity index (χ0v) is 14.6. The number of benzene rings is 3. The molecule has 0 heterocycles. The third kappa shape index (κ3) is 4.03. The fourth-order valence-corrected chi connectivity index (χ4v) is 2.99. The van der Waals surface area contributed by atoms with E-state index in [9.17, 15) is 5.21 Å². The van der Waals surface area contributed by atoms with Crippen molar-refractivity contribution in [3.05, 3.63) is 88.6 Å². The van der Waals surface area contributed by atoms with Crippen LogP contribution >= 0.6 is 0 Å². The van der Waals surface area contributed by atoms with Gasteiger partial charge in [0.2, 0.25) is 0 Å². The van der Waals surface area contributed by atoms with Gasteiger partial charge in [-0.25, -0.2) is 0 Å². The van der Waals surface area contributed by atoms with Gasteiger partial charge in [-0.05, 0) is 52.9 Å². The first-order valence-corrected chi connectivity index (χ1v) is 8.32. The standard InChI is InChI=1S/C21H21N2O3/c1-26-21-9-8-16(10-15-4-2-5-17(11-15)14-22)12-20(21)18-6-3-7-19(13-18)23(24)25/h2-9,11-13,24H,10,14,22H2,1H3/q-1. The van der Waals surface area contributed by atoms with Crippen LogP contribution in [0.2, 0.25) is 0 Å². The average molecular weight is 349 g/mol. The zero-order valence-electron chi connectivity index (χ0n) is 14.6. The van der Waals surface area contributed by atoms with Crippen LogP contribution in [0.1, 0.15) is 16.7 Å². The maximum atomic E-state index is 11.2. The number of hydrogen-bond acceptors (Lipinski definition) is 5. The number of nitrogens with two attached hydrogens (primary N) is 1. The minimum atomic E-state index is -0.141. The summed E-state index contributed by atoms with van der Waals surface area (Å²) >= 11 is 0. The lowest BCUT2D eigenvalue weighted by Gasteiger charge is -2.22. The molecule has 3 N–H and O–H groups in total. The van der Waals surface area contributed by atoms with Crippen molar-refractivity contribution in [1.29, 1.82) is 0 Å². The van der Waals surface area contributed by atoms with Gasteiger partial charge in [-0.3, -0.25) is 5.21 Å². The van der Waals surface area contributed by atoms with Crippen LogP contribution in [-0.2, 0) is 13.0 Å². The highest BCUT2D eigenvalue weighted by Gasteiger charge is 2.09. The van der Waals surface area contributed by atoms with Gasteiger partial charge in [-0.1, -0.05) is 42.5 Å². The van der Waals surface area contributed by atoms with Crippen LogP contribution in [0.25, 0.3) is 11.1 Å². The highest BCUT2D eigenvalue weighted by molar-refractivity contribution is 5.74. The molecule has 134 valence electrons. The second-order valence-corrected chi connectivity index (χ2v) is 6.06. The Morgan fingerprint density at radius 1 is 0.962 bits per heavy atom. The van der Waals surface area contributed by atoms with Crippen LogP contribution in [0.3, 0.4) is 0 Å². The summed E-state index contributed by atoms with van der Waals surface area (Å²) in [6.45, 7) is 0.515. The van der Waals surface area contributed by atoms with E-state index in [1.54, 1.807) is 25.3 Å². The second kappa shape index (κ2) is 8.01. The predicted molar refractivity (Wildman–Crippen MR) is 103 cm³/mol. The summed E-state index contributed by atoms with van der Waals surface area (Å²) < 4.78 is 5.47.